The molecule has 0 radical (unpaired) electrons. The summed E-state index contributed by atoms with van der Waals surface area (Å²) in [4.78, 5) is 19.3. The van der Waals surface area contributed by atoms with Gasteiger partial charge in [0.1, 0.15) is 11.3 Å². The van der Waals surface area contributed by atoms with Gasteiger partial charge in [-0.15, -0.1) is 0 Å². The summed E-state index contributed by atoms with van der Waals surface area (Å²) in [5.41, 5.74) is -0.338. The maximum absolute atomic E-state index is 13.0. The van der Waals surface area contributed by atoms with Crippen LogP contribution in [-0.2, 0) is 10.9 Å². The summed E-state index contributed by atoms with van der Waals surface area (Å²) in [6.07, 6.45) is -1.36. The number of nitrogens with zero attached hydrogens (tertiary/aromatic N) is 1. The molecule has 2 aromatic heterocycles. The fourth-order valence-electron chi connectivity index (χ4n) is 2.57. The number of aromatic amines is 1. The first kappa shape index (κ1) is 18.8. The first-order chi connectivity index (χ1) is 12.5. The number of hydrogen-bond acceptors (Lipinski definition) is 4. The summed E-state index contributed by atoms with van der Waals surface area (Å²) in [6, 6.07) is 6.64. The molecular formula is C19H18F3N3O2. The zero-order chi connectivity index (χ0) is 19.8. The Balaban J connectivity index is 2.13. The molecule has 0 atom stereocenters. The highest BCUT2D eigenvalue weighted by Crippen LogP contribution is 2.36. The molecule has 2 heterocycles. The second-order valence-electron chi connectivity index (χ2n) is 7.00. The molecule has 0 spiro atoms. The summed E-state index contributed by atoms with van der Waals surface area (Å²) >= 11 is 0. The lowest BCUT2D eigenvalue weighted by molar-refractivity contribution is -0.137. The van der Waals surface area contributed by atoms with E-state index in [9.17, 15) is 18.0 Å². The topological polar surface area (TPSA) is 67.0 Å². The quantitative estimate of drug-likeness (QED) is 0.610. The van der Waals surface area contributed by atoms with Crippen molar-refractivity contribution in [1.82, 2.24) is 9.97 Å². The molecule has 3 rings (SSSR count). The number of carbonyl (C=O) groups is 1. The number of anilines is 2. The molecule has 0 aliphatic carbocycles. The van der Waals surface area contributed by atoms with Crippen LogP contribution in [0.1, 0.15) is 36.8 Å². The predicted octanol–water partition coefficient (Wildman–Crippen LogP) is 5.28. The molecule has 142 valence electrons. The van der Waals surface area contributed by atoms with E-state index < -0.39 is 23.3 Å². The van der Waals surface area contributed by atoms with E-state index >= 15 is 0 Å². The molecule has 8 heteroatoms. The maximum atomic E-state index is 13.0. The smallest absolute Gasteiger partial charge is 0.416 e. The third-order valence-electron chi connectivity index (χ3n) is 3.68. The number of fused-ring (bicyclic) bond motifs is 1. The van der Waals surface area contributed by atoms with E-state index in [4.69, 9.17) is 4.74 Å². The van der Waals surface area contributed by atoms with Gasteiger partial charge in [0.15, 0.2) is 0 Å². The number of carbonyl (C=O) groups excluding carboxylic acids is 1. The Morgan fingerprint density at radius 2 is 1.78 bits per heavy atom. The standard InChI is InChI=1S/C19H18F3N3O2/c1-18(2,3)27-17(26)16-15(24-12-6-8-23-9-7-12)13-5-4-11(19(20,21)22)10-14(13)25-16/h4-10,25H,1-3H3,(H,23,24). The number of benzene rings is 1. The summed E-state index contributed by atoms with van der Waals surface area (Å²) in [6.45, 7) is 5.14. The van der Waals surface area contributed by atoms with Gasteiger partial charge in [0.2, 0.25) is 0 Å². The molecule has 0 saturated heterocycles. The number of halogens is 3. The summed E-state index contributed by atoms with van der Waals surface area (Å²) in [5, 5.41) is 3.51. The number of ether oxygens (including phenoxy) is 1. The van der Waals surface area contributed by atoms with Crippen LogP contribution in [0.15, 0.2) is 42.7 Å². The molecule has 0 aliphatic heterocycles. The number of pyridine rings is 1. The maximum Gasteiger partial charge on any atom is 0.416 e. The van der Waals surface area contributed by atoms with Gasteiger partial charge in [0.25, 0.3) is 0 Å². The molecule has 2 N–H and O–H groups in total. The third kappa shape index (κ3) is 4.21. The Morgan fingerprint density at radius 3 is 2.37 bits per heavy atom. The van der Waals surface area contributed by atoms with E-state index in [0.717, 1.165) is 12.1 Å². The number of nitrogens with one attached hydrogen (secondary N) is 2. The van der Waals surface area contributed by atoms with Gasteiger partial charge in [-0.05, 0) is 45.0 Å². The van der Waals surface area contributed by atoms with Gasteiger partial charge in [0, 0.05) is 29.0 Å². The van der Waals surface area contributed by atoms with Gasteiger partial charge in [-0.1, -0.05) is 6.07 Å². The van der Waals surface area contributed by atoms with E-state index in [1.54, 1.807) is 45.3 Å². The molecule has 0 bridgehead atoms. The molecule has 3 aromatic rings. The van der Waals surface area contributed by atoms with Crippen molar-refractivity contribution in [2.75, 3.05) is 5.32 Å². The lowest BCUT2D eigenvalue weighted by Gasteiger charge is -2.19. The second-order valence-corrected chi connectivity index (χ2v) is 7.00. The van der Waals surface area contributed by atoms with Crippen LogP contribution < -0.4 is 5.32 Å². The van der Waals surface area contributed by atoms with Crippen LogP contribution in [0.3, 0.4) is 0 Å². The van der Waals surface area contributed by atoms with Crippen LogP contribution in [0.2, 0.25) is 0 Å². The summed E-state index contributed by atoms with van der Waals surface area (Å²) in [5.74, 6) is -0.663. The Bertz CT molecular complexity index is 974. The normalized spacial score (nSPS) is 12.2. The number of alkyl halides is 3. The highest BCUT2D eigenvalue weighted by atomic mass is 19.4. The van der Waals surface area contributed by atoms with Crippen LogP contribution in [0.4, 0.5) is 24.5 Å². The summed E-state index contributed by atoms with van der Waals surface area (Å²) < 4.78 is 44.5. The third-order valence-corrected chi connectivity index (χ3v) is 3.68. The number of H-pyrrole nitrogens is 1. The zero-order valence-electron chi connectivity index (χ0n) is 14.9. The molecule has 0 amide bonds. The number of aromatic nitrogens is 2. The van der Waals surface area contributed by atoms with Crippen LogP contribution in [0.25, 0.3) is 10.9 Å². The van der Waals surface area contributed by atoms with E-state index in [-0.39, 0.29) is 11.2 Å². The van der Waals surface area contributed by atoms with Gasteiger partial charge in [-0.2, -0.15) is 13.2 Å². The molecule has 27 heavy (non-hydrogen) atoms. The van der Waals surface area contributed by atoms with E-state index in [0.29, 0.717) is 16.8 Å². The van der Waals surface area contributed by atoms with E-state index in [1.165, 1.54) is 6.07 Å². The monoisotopic (exact) mass is 377 g/mol. The van der Waals surface area contributed by atoms with Crippen molar-refractivity contribution in [2.24, 2.45) is 0 Å². The van der Waals surface area contributed by atoms with E-state index in [1.807, 2.05) is 0 Å². The van der Waals surface area contributed by atoms with Crippen LogP contribution in [0.5, 0.6) is 0 Å². The van der Waals surface area contributed by atoms with Gasteiger partial charge in [0.05, 0.1) is 11.3 Å². The lowest BCUT2D eigenvalue weighted by Crippen LogP contribution is -2.24. The minimum atomic E-state index is -4.48. The van der Waals surface area contributed by atoms with Crippen molar-refractivity contribution >= 4 is 28.2 Å². The van der Waals surface area contributed by atoms with Crippen LogP contribution in [-0.4, -0.2) is 21.5 Å². The van der Waals surface area contributed by atoms with Gasteiger partial charge >= 0.3 is 12.1 Å². The molecule has 0 saturated carbocycles. The SMILES string of the molecule is CC(C)(C)OC(=O)c1[nH]c2cc(C(F)(F)F)ccc2c1Nc1ccncc1. The lowest BCUT2D eigenvalue weighted by atomic mass is 10.1. The summed E-state index contributed by atoms with van der Waals surface area (Å²) in [7, 11) is 0. The van der Waals surface area contributed by atoms with Crippen LogP contribution >= 0.6 is 0 Å². The van der Waals surface area contributed by atoms with Crippen LogP contribution in [0, 0.1) is 0 Å². The second kappa shape index (κ2) is 6.61. The molecule has 0 fully saturated rings. The largest absolute Gasteiger partial charge is 0.455 e. The van der Waals surface area contributed by atoms with Gasteiger partial charge < -0.3 is 15.0 Å². The molecule has 0 unspecified atom stereocenters. The Hall–Kier alpha value is -3.03. The van der Waals surface area contributed by atoms with Crippen molar-refractivity contribution in [1.29, 1.82) is 0 Å². The molecular weight excluding hydrogens is 359 g/mol. The minimum absolute atomic E-state index is 0.0519. The van der Waals surface area contributed by atoms with Crippen molar-refractivity contribution in [3.63, 3.8) is 0 Å². The molecule has 0 aliphatic rings. The first-order valence-corrected chi connectivity index (χ1v) is 8.18. The number of hydrogen-bond donors (Lipinski definition) is 2. The average molecular weight is 377 g/mol. The van der Waals surface area contributed by atoms with Gasteiger partial charge in [-0.25, -0.2) is 4.79 Å². The fraction of sp³-hybridized carbons (Fsp3) is 0.263. The number of rotatable bonds is 3. The Kier molecular flexibility index (Phi) is 4.59. The number of esters is 1. The van der Waals surface area contributed by atoms with Crippen molar-refractivity contribution in [3.8, 4) is 0 Å². The van der Waals surface area contributed by atoms with E-state index in [2.05, 4.69) is 15.3 Å². The highest BCUT2D eigenvalue weighted by molar-refractivity contribution is 6.07. The van der Waals surface area contributed by atoms with Crippen molar-refractivity contribution in [2.45, 2.75) is 32.5 Å². The molecule has 5 nitrogen and oxygen atoms in total. The van der Waals surface area contributed by atoms with Crippen molar-refractivity contribution in [3.05, 3.63) is 54.0 Å². The highest BCUT2D eigenvalue weighted by Gasteiger charge is 2.32. The minimum Gasteiger partial charge on any atom is -0.455 e. The predicted molar refractivity (Wildman–Crippen MR) is 96.0 cm³/mol. The van der Waals surface area contributed by atoms with Crippen molar-refractivity contribution < 1.29 is 22.7 Å². The Morgan fingerprint density at radius 1 is 1.11 bits per heavy atom. The average Bonchev–Trinajstić information content (AvgIpc) is 2.91. The van der Waals surface area contributed by atoms with Gasteiger partial charge in [-0.3, -0.25) is 4.98 Å². The molecule has 1 aromatic carbocycles. The Labute approximate surface area is 153 Å². The zero-order valence-corrected chi connectivity index (χ0v) is 14.9. The first-order valence-electron chi connectivity index (χ1n) is 8.18. The fourth-order valence-corrected chi connectivity index (χ4v) is 2.57.